The van der Waals surface area contributed by atoms with Gasteiger partial charge in [-0.05, 0) is 45.2 Å². The molecule has 3 aliphatic heterocycles. The molecule has 0 aromatic carbocycles. The number of hydrogen-bond donors (Lipinski definition) is 1. The van der Waals surface area contributed by atoms with E-state index in [1.165, 1.54) is 12.8 Å². The minimum Gasteiger partial charge on any atom is -0.378 e. The van der Waals surface area contributed by atoms with Crippen molar-refractivity contribution >= 4 is 11.8 Å². The Morgan fingerprint density at radius 1 is 1.00 bits per heavy atom. The van der Waals surface area contributed by atoms with Gasteiger partial charge in [0.15, 0.2) is 0 Å². The maximum atomic E-state index is 12.6. The van der Waals surface area contributed by atoms with Gasteiger partial charge < -0.3 is 19.9 Å². The van der Waals surface area contributed by atoms with Crippen molar-refractivity contribution in [2.24, 2.45) is 5.92 Å². The summed E-state index contributed by atoms with van der Waals surface area (Å²) in [7, 11) is 0. The number of rotatable bonds is 5. The van der Waals surface area contributed by atoms with Gasteiger partial charge in [0.25, 0.3) is 0 Å². The molecule has 1 N–H and O–H groups in total. The highest BCUT2D eigenvalue weighted by Crippen LogP contribution is 2.19. The molecule has 148 valence electrons. The minimum atomic E-state index is -0.111. The van der Waals surface area contributed by atoms with Crippen molar-refractivity contribution in [2.75, 3.05) is 65.6 Å². The van der Waals surface area contributed by atoms with Crippen LogP contribution in [0.3, 0.4) is 0 Å². The van der Waals surface area contributed by atoms with Crippen LogP contribution in [0.25, 0.3) is 0 Å². The SMILES string of the molecule is CC(C(=O)N1CCOCC1)N1CCN(C(=O)CCC2CCNCC2)CC1. The first-order chi connectivity index (χ1) is 12.6. The van der Waals surface area contributed by atoms with E-state index in [4.69, 9.17) is 4.74 Å². The fraction of sp³-hybridized carbons (Fsp3) is 0.895. The van der Waals surface area contributed by atoms with Gasteiger partial charge in [0.05, 0.1) is 19.3 Å². The second kappa shape index (κ2) is 9.67. The molecular weight excluding hydrogens is 332 g/mol. The van der Waals surface area contributed by atoms with Crippen LogP contribution in [0.15, 0.2) is 0 Å². The fourth-order valence-corrected chi connectivity index (χ4v) is 4.22. The summed E-state index contributed by atoms with van der Waals surface area (Å²) in [4.78, 5) is 31.2. The summed E-state index contributed by atoms with van der Waals surface area (Å²) >= 11 is 0. The van der Waals surface area contributed by atoms with Crippen LogP contribution >= 0.6 is 0 Å². The molecule has 26 heavy (non-hydrogen) atoms. The van der Waals surface area contributed by atoms with E-state index in [9.17, 15) is 9.59 Å². The fourth-order valence-electron chi connectivity index (χ4n) is 4.22. The predicted octanol–water partition coefficient (Wildman–Crippen LogP) is 0.158. The summed E-state index contributed by atoms with van der Waals surface area (Å²) in [5.41, 5.74) is 0. The van der Waals surface area contributed by atoms with Gasteiger partial charge >= 0.3 is 0 Å². The van der Waals surface area contributed by atoms with Crippen LogP contribution in [0, 0.1) is 5.92 Å². The normalized spacial score (nSPS) is 24.5. The highest BCUT2D eigenvalue weighted by molar-refractivity contribution is 5.81. The van der Waals surface area contributed by atoms with Gasteiger partial charge in [0.2, 0.25) is 11.8 Å². The number of piperidine rings is 1. The van der Waals surface area contributed by atoms with E-state index in [0.717, 1.165) is 45.7 Å². The standard InChI is InChI=1S/C19H34N4O3/c1-16(19(25)23-12-14-26-15-13-23)21-8-10-22(11-9-21)18(24)3-2-17-4-6-20-7-5-17/h16-17,20H,2-15H2,1H3. The topological polar surface area (TPSA) is 65.1 Å². The van der Waals surface area contributed by atoms with E-state index < -0.39 is 0 Å². The van der Waals surface area contributed by atoms with Crippen molar-refractivity contribution in [3.63, 3.8) is 0 Å². The molecule has 3 heterocycles. The molecule has 2 amide bonds. The van der Waals surface area contributed by atoms with Gasteiger partial charge in [-0.15, -0.1) is 0 Å². The lowest BCUT2D eigenvalue weighted by Crippen LogP contribution is -2.56. The van der Waals surface area contributed by atoms with Gasteiger partial charge in [-0.3, -0.25) is 14.5 Å². The Kier molecular flexibility index (Phi) is 7.28. The number of nitrogens with zero attached hydrogens (tertiary/aromatic N) is 3. The smallest absolute Gasteiger partial charge is 0.239 e. The Hall–Kier alpha value is -1.18. The Bertz CT molecular complexity index is 467. The average Bonchev–Trinajstić information content (AvgIpc) is 2.72. The van der Waals surface area contributed by atoms with Crippen LogP contribution < -0.4 is 5.32 Å². The molecule has 0 aromatic heterocycles. The molecule has 3 saturated heterocycles. The maximum absolute atomic E-state index is 12.6. The van der Waals surface area contributed by atoms with Crippen molar-refractivity contribution in [2.45, 2.75) is 38.6 Å². The van der Waals surface area contributed by atoms with Gasteiger partial charge in [-0.2, -0.15) is 0 Å². The second-order valence-electron chi connectivity index (χ2n) is 7.76. The van der Waals surface area contributed by atoms with E-state index in [1.54, 1.807) is 0 Å². The Balaban J connectivity index is 1.38. The maximum Gasteiger partial charge on any atom is 0.239 e. The summed E-state index contributed by atoms with van der Waals surface area (Å²) in [5, 5.41) is 3.38. The number of piperazine rings is 1. The number of carbonyl (C=O) groups excluding carboxylic acids is 2. The number of nitrogens with one attached hydrogen (secondary N) is 1. The summed E-state index contributed by atoms with van der Waals surface area (Å²) in [6, 6.07) is -0.111. The van der Waals surface area contributed by atoms with Crippen molar-refractivity contribution in [1.82, 2.24) is 20.0 Å². The van der Waals surface area contributed by atoms with E-state index in [-0.39, 0.29) is 17.9 Å². The lowest BCUT2D eigenvalue weighted by molar-refractivity contribution is -0.142. The van der Waals surface area contributed by atoms with Crippen LogP contribution in [0.4, 0.5) is 0 Å². The average molecular weight is 367 g/mol. The molecule has 3 rings (SSSR count). The first kappa shape index (κ1) is 19.6. The van der Waals surface area contributed by atoms with Crippen molar-refractivity contribution in [3.8, 4) is 0 Å². The zero-order chi connectivity index (χ0) is 18.4. The molecule has 3 aliphatic rings. The molecule has 3 fully saturated rings. The van der Waals surface area contributed by atoms with Gasteiger partial charge in [-0.25, -0.2) is 0 Å². The molecule has 0 saturated carbocycles. The van der Waals surface area contributed by atoms with Gasteiger partial charge in [0.1, 0.15) is 0 Å². The number of morpholine rings is 1. The lowest BCUT2D eigenvalue weighted by atomic mass is 9.93. The van der Waals surface area contributed by atoms with Crippen molar-refractivity contribution in [3.05, 3.63) is 0 Å². The zero-order valence-corrected chi connectivity index (χ0v) is 16.1. The Morgan fingerprint density at radius 3 is 2.31 bits per heavy atom. The van der Waals surface area contributed by atoms with Crippen molar-refractivity contribution in [1.29, 1.82) is 0 Å². The zero-order valence-electron chi connectivity index (χ0n) is 16.1. The molecule has 0 bridgehead atoms. The van der Waals surface area contributed by atoms with Crippen LogP contribution in [0.2, 0.25) is 0 Å². The summed E-state index contributed by atoms with van der Waals surface area (Å²) < 4.78 is 5.33. The number of ether oxygens (including phenoxy) is 1. The van der Waals surface area contributed by atoms with Crippen LogP contribution in [-0.2, 0) is 14.3 Å². The number of amides is 2. The second-order valence-corrected chi connectivity index (χ2v) is 7.76. The third-order valence-electron chi connectivity index (χ3n) is 6.12. The molecule has 0 spiro atoms. The molecular formula is C19H34N4O3. The number of carbonyl (C=O) groups is 2. The Morgan fingerprint density at radius 2 is 1.65 bits per heavy atom. The molecule has 7 nitrogen and oxygen atoms in total. The molecule has 1 atom stereocenters. The predicted molar refractivity (Wildman–Crippen MR) is 99.8 cm³/mol. The molecule has 0 aliphatic carbocycles. The van der Waals surface area contributed by atoms with Gasteiger partial charge in [-0.1, -0.05) is 0 Å². The van der Waals surface area contributed by atoms with Crippen LogP contribution in [0.5, 0.6) is 0 Å². The largest absolute Gasteiger partial charge is 0.378 e. The summed E-state index contributed by atoms with van der Waals surface area (Å²) in [6.45, 7) is 9.89. The molecule has 0 aromatic rings. The summed E-state index contributed by atoms with van der Waals surface area (Å²) in [5.74, 6) is 1.18. The monoisotopic (exact) mass is 366 g/mol. The molecule has 7 heteroatoms. The molecule has 1 unspecified atom stereocenters. The minimum absolute atomic E-state index is 0.111. The third-order valence-corrected chi connectivity index (χ3v) is 6.12. The molecule has 0 radical (unpaired) electrons. The van der Waals surface area contributed by atoms with E-state index in [2.05, 4.69) is 10.2 Å². The number of hydrogen-bond acceptors (Lipinski definition) is 5. The first-order valence-electron chi connectivity index (χ1n) is 10.2. The summed E-state index contributed by atoms with van der Waals surface area (Å²) in [6.07, 6.45) is 4.09. The first-order valence-corrected chi connectivity index (χ1v) is 10.2. The highest BCUT2D eigenvalue weighted by atomic mass is 16.5. The van der Waals surface area contributed by atoms with E-state index >= 15 is 0 Å². The van der Waals surface area contributed by atoms with Crippen LogP contribution in [-0.4, -0.2) is 98.1 Å². The quantitative estimate of drug-likeness (QED) is 0.751. The van der Waals surface area contributed by atoms with Crippen molar-refractivity contribution < 1.29 is 14.3 Å². The van der Waals surface area contributed by atoms with Crippen LogP contribution in [0.1, 0.15) is 32.6 Å². The van der Waals surface area contributed by atoms with E-state index in [1.807, 2.05) is 16.7 Å². The van der Waals surface area contributed by atoms with Gasteiger partial charge in [0, 0.05) is 45.7 Å². The van der Waals surface area contributed by atoms with E-state index in [0.29, 0.717) is 38.6 Å². The Labute approximate surface area is 157 Å². The lowest BCUT2D eigenvalue weighted by Gasteiger charge is -2.39. The third kappa shape index (κ3) is 5.18. The highest BCUT2D eigenvalue weighted by Gasteiger charge is 2.30.